The molecule has 0 aromatic heterocycles. The van der Waals surface area contributed by atoms with Crippen molar-refractivity contribution in [2.75, 3.05) is 33.5 Å². The van der Waals surface area contributed by atoms with Crippen LogP contribution < -0.4 is 5.32 Å². The number of esters is 1. The van der Waals surface area contributed by atoms with Crippen molar-refractivity contribution < 1.29 is 33.3 Å². The van der Waals surface area contributed by atoms with Gasteiger partial charge in [-0.25, -0.2) is 9.59 Å². The summed E-state index contributed by atoms with van der Waals surface area (Å²) in [6.45, 7) is 8.19. The van der Waals surface area contributed by atoms with E-state index in [2.05, 4.69) is 5.32 Å². The zero-order valence-corrected chi connectivity index (χ0v) is 19.6. The highest BCUT2D eigenvalue weighted by atomic mass is 16.6. The van der Waals surface area contributed by atoms with Gasteiger partial charge in [0.1, 0.15) is 17.8 Å². The number of amides is 1. The molecule has 1 aromatic carbocycles. The number of nitrogens with one attached hydrogen (secondary N) is 1. The molecule has 0 radical (unpaired) electrons. The van der Waals surface area contributed by atoms with Crippen molar-refractivity contribution in [3.63, 3.8) is 0 Å². The minimum atomic E-state index is -0.988. The summed E-state index contributed by atoms with van der Waals surface area (Å²) in [7, 11) is 1.64. The lowest BCUT2D eigenvalue weighted by Crippen LogP contribution is -2.47. The molecule has 1 amide bonds. The van der Waals surface area contributed by atoms with E-state index in [9.17, 15) is 9.59 Å². The molecule has 0 unspecified atom stereocenters. The smallest absolute Gasteiger partial charge is 0.408 e. The van der Waals surface area contributed by atoms with Crippen LogP contribution in [0.15, 0.2) is 35.9 Å². The fourth-order valence-corrected chi connectivity index (χ4v) is 3.17. The topological polar surface area (TPSA) is 92.3 Å². The highest BCUT2D eigenvalue weighted by Crippen LogP contribution is 2.21. The molecule has 0 aliphatic carbocycles. The first-order valence-corrected chi connectivity index (χ1v) is 10.8. The monoisotopic (exact) mass is 449 g/mol. The second-order valence-electron chi connectivity index (χ2n) is 8.62. The third-order valence-corrected chi connectivity index (χ3v) is 4.56. The van der Waals surface area contributed by atoms with Crippen molar-refractivity contribution in [2.24, 2.45) is 0 Å². The molecule has 1 aliphatic rings. The summed E-state index contributed by atoms with van der Waals surface area (Å²) in [5.41, 5.74) is 1.14. The van der Waals surface area contributed by atoms with Gasteiger partial charge in [0.15, 0.2) is 6.04 Å². The first-order chi connectivity index (χ1) is 15.2. The van der Waals surface area contributed by atoms with Gasteiger partial charge in [0, 0.05) is 20.3 Å². The van der Waals surface area contributed by atoms with Gasteiger partial charge in [-0.1, -0.05) is 36.4 Å². The van der Waals surface area contributed by atoms with Crippen LogP contribution in [0.4, 0.5) is 4.79 Å². The minimum Gasteiger partial charge on any atom is -0.458 e. The molecule has 1 fully saturated rings. The van der Waals surface area contributed by atoms with Crippen molar-refractivity contribution in [1.82, 2.24) is 5.32 Å². The zero-order valence-electron chi connectivity index (χ0n) is 19.6. The second-order valence-corrected chi connectivity index (χ2v) is 8.62. The molecule has 0 saturated carbocycles. The van der Waals surface area contributed by atoms with Crippen LogP contribution in [0.1, 0.15) is 39.7 Å². The maximum atomic E-state index is 12.8. The molecule has 8 nitrogen and oxygen atoms in total. The van der Waals surface area contributed by atoms with Crippen molar-refractivity contribution in [1.29, 1.82) is 0 Å². The average Bonchev–Trinajstić information content (AvgIpc) is 2.75. The van der Waals surface area contributed by atoms with E-state index in [1.165, 1.54) is 0 Å². The van der Waals surface area contributed by atoms with Gasteiger partial charge in [-0.2, -0.15) is 0 Å². The summed E-state index contributed by atoms with van der Waals surface area (Å²) in [5.74, 6) is -0.602. The highest BCUT2D eigenvalue weighted by molar-refractivity contribution is 5.81. The largest absolute Gasteiger partial charge is 0.458 e. The number of alkyl carbamates (subject to hydrolysis) is 1. The molecule has 8 heteroatoms. The predicted octanol–water partition coefficient (Wildman–Crippen LogP) is 3.35. The highest BCUT2D eigenvalue weighted by Gasteiger charge is 2.33. The van der Waals surface area contributed by atoms with Crippen molar-refractivity contribution in [2.45, 2.75) is 58.0 Å². The normalized spacial score (nSPS) is 23.6. The Hall–Kier alpha value is -2.42. The van der Waals surface area contributed by atoms with Crippen LogP contribution in [0, 0.1) is 0 Å². The quantitative estimate of drug-likeness (QED) is 0.504. The first kappa shape index (κ1) is 25.8. The molecule has 0 bridgehead atoms. The molecule has 32 heavy (non-hydrogen) atoms. The molecule has 1 heterocycles. The number of rotatable bonds is 7. The Labute approximate surface area is 190 Å². The summed E-state index contributed by atoms with van der Waals surface area (Å²) in [6, 6.07) is 8.80. The summed E-state index contributed by atoms with van der Waals surface area (Å²) in [5, 5.41) is 2.54. The van der Waals surface area contributed by atoms with E-state index in [1.807, 2.05) is 36.4 Å². The predicted molar refractivity (Wildman–Crippen MR) is 120 cm³/mol. The third-order valence-electron chi connectivity index (χ3n) is 4.56. The molecule has 0 spiro atoms. The number of hydrogen-bond acceptors (Lipinski definition) is 7. The summed E-state index contributed by atoms with van der Waals surface area (Å²) in [6.07, 6.45) is 0.881. The van der Waals surface area contributed by atoms with Crippen LogP contribution in [0.3, 0.4) is 0 Å². The van der Waals surface area contributed by atoms with Gasteiger partial charge >= 0.3 is 12.1 Å². The van der Waals surface area contributed by atoms with E-state index in [1.54, 1.807) is 34.8 Å². The Morgan fingerprint density at radius 3 is 2.59 bits per heavy atom. The molecule has 1 saturated heterocycles. The van der Waals surface area contributed by atoms with Crippen LogP contribution in [-0.4, -0.2) is 69.5 Å². The van der Waals surface area contributed by atoms with E-state index < -0.39 is 35.9 Å². The van der Waals surface area contributed by atoms with Gasteiger partial charge in [0.05, 0.1) is 13.2 Å². The van der Waals surface area contributed by atoms with Gasteiger partial charge in [-0.15, -0.1) is 0 Å². The number of methoxy groups -OCH3 is 1. The van der Waals surface area contributed by atoms with Crippen LogP contribution in [-0.2, 0) is 28.5 Å². The Bertz CT molecular complexity index is 757. The van der Waals surface area contributed by atoms with Crippen LogP contribution in [0.25, 0.3) is 6.08 Å². The summed E-state index contributed by atoms with van der Waals surface area (Å²) in [4.78, 5) is 24.9. The molecular formula is C24H35NO7. The van der Waals surface area contributed by atoms with Crippen molar-refractivity contribution in [3.05, 3.63) is 41.5 Å². The molecule has 2 rings (SSSR count). The fraction of sp³-hybridized carbons (Fsp3) is 0.583. The number of hydrogen-bond donors (Lipinski definition) is 1. The average molecular weight is 450 g/mol. The lowest BCUT2D eigenvalue weighted by Gasteiger charge is -2.26. The molecule has 178 valence electrons. The Balaban J connectivity index is 2.19. The molecule has 1 N–H and O–H groups in total. The molecule has 3 atom stereocenters. The van der Waals surface area contributed by atoms with Gasteiger partial charge in [-0.05, 0) is 45.3 Å². The number of carbonyl (C=O) groups excluding carboxylic acids is 2. The van der Waals surface area contributed by atoms with E-state index in [0.29, 0.717) is 19.6 Å². The first-order valence-electron chi connectivity index (χ1n) is 10.8. The number of carbonyl (C=O) groups is 2. The number of benzene rings is 1. The second kappa shape index (κ2) is 12.6. The van der Waals surface area contributed by atoms with Gasteiger partial charge in [-0.3, -0.25) is 0 Å². The molecule has 1 aromatic rings. The minimum absolute atomic E-state index is 0.0483. The van der Waals surface area contributed by atoms with E-state index in [-0.39, 0.29) is 13.2 Å². The van der Waals surface area contributed by atoms with Crippen molar-refractivity contribution in [3.8, 4) is 0 Å². The van der Waals surface area contributed by atoms with E-state index in [0.717, 1.165) is 11.1 Å². The Morgan fingerprint density at radius 1 is 1.22 bits per heavy atom. The van der Waals surface area contributed by atoms with Gasteiger partial charge < -0.3 is 29.0 Å². The Kier molecular flexibility index (Phi) is 10.2. The van der Waals surface area contributed by atoms with Crippen LogP contribution >= 0.6 is 0 Å². The maximum Gasteiger partial charge on any atom is 0.408 e. The van der Waals surface area contributed by atoms with Gasteiger partial charge in [0.25, 0.3) is 0 Å². The number of ether oxygens (including phenoxy) is 5. The SMILES string of the molecule is COCCCO[C@@H]1/C(=C/c2ccccc2)COC[C@H](NC(=O)OC(C)(C)C)C(=O)O[C@H]1C. The summed E-state index contributed by atoms with van der Waals surface area (Å²) >= 11 is 0. The number of cyclic esters (lactones) is 1. The van der Waals surface area contributed by atoms with Crippen LogP contribution in [0.2, 0.25) is 0 Å². The van der Waals surface area contributed by atoms with E-state index >= 15 is 0 Å². The third kappa shape index (κ3) is 8.98. The standard InChI is InChI=1S/C24H35NO7/c1-17-21(30-13-9-12-28-5)19(14-18-10-7-6-8-11-18)15-29-16-20(22(26)31-17)25-23(27)32-24(2,3)4/h6-8,10-11,14,17,20-21H,9,12-13,15-16H2,1-5H3,(H,25,27)/b19-14+/t17-,20-,21-/m0/s1. The summed E-state index contributed by atoms with van der Waals surface area (Å²) < 4.78 is 27.9. The molecular weight excluding hydrogens is 414 g/mol. The van der Waals surface area contributed by atoms with E-state index in [4.69, 9.17) is 23.7 Å². The van der Waals surface area contributed by atoms with Crippen LogP contribution in [0.5, 0.6) is 0 Å². The lowest BCUT2D eigenvalue weighted by molar-refractivity contribution is -0.157. The zero-order chi connectivity index (χ0) is 23.6. The maximum absolute atomic E-state index is 12.8. The Morgan fingerprint density at radius 2 is 1.94 bits per heavy atom. The van der Waals surface area contributed by atoms with Gasteiger partial charge in [0.2, 0.25) is 0 Å². The van der Waals surface area contributed by atoms with Crippen molar-refractivity contribution >= 4 is 18.1 Å². The molecule has 1 aliphatic heterocycles. The lowest BCUT2D eigenvalue weighted by atomic mass is 10.0. The fourth-order valence-electron chi connectivity index (χ4n) is 3.17.